The van der Waals surface area contributed by atoms with Gasteiger partial charge in [0.15, 0.2) is 0 Å². The van der Waals surface area contributed by atoms with Crippen LogP contribution in [0.5, 0.6) is 0 Å². The summed E-state index contributed by atoms with van der Waals surface area (Å²) >= 11 is 0. The van der Waals surface area contributed by atoms with E-state index < -0.39 is 0 Å². The van der Waals surface area contributed by atoms with E-state index in [1.54, 1.807) is 0 Å². The molecule has 1 heterocycles. The molecule has 0 bridgehead atoms. The zero-order valence-corrected chi connectivity index (χ0v) is 12.1. The first-order valence-electron chi connectivity index (χ1n) is 6.80. The summed E-state index contributed by atoms with van der Waals surface area (Å²) in [6.07, 6.45) is 5.02. The van der Waals surface area contributed by atoms with Gasteiger partial charge in [-0.25, -0.2) is 0 Å². The Labute approximate surface area is 116 Å². The van der Waals surface area contributed by atoms with Crippen LogP contribution < -0.4 is 11.1 Å². The van der Waals surface area contributed by atoms with Crippen molar-refractivity contribution < 1.29 is 4.79 Å². The predicted octanol–water partition coefficient (Wildman–Crippen LogP) is 0.995. The van der Waals surface area contributed by atoms with Gasteiger partial charge in [-0.3, -0.25) is 9.69 Å². The van der Waals surface area contributed by atoms with E-state index in [0.717, 1.165) is 32.0 Å². The SMILES string of the molecule is CC1(CN)CCN(CC(=O)NCC2CCC2)C1.Cl. The van der Waals surface area contributed by atoms with E-state index in [-0.39, 0.29) is 23.7 Å². The summed E-state index contributed by atoms with van der Waals surface area (Å²) in [7, 11) is 0. The lowest BCUT2D eigenvalue weighted by atomic mass is 9.85. The van der Waals surface area contributed by atoms with E-state index in [1.807, 2.05) is 0 Å². The van der Waals surface area contributed by atoms with Crippen molar-refractivity contribution in [1.82, 2.24) is 10.2 Å². The van der Waals surface area contributed by atoms with Crippen LogP contribution >= 0.6 is 12.4 Å². The molecule has 1 amide bonds. The number of rotatable bonds is 5. The van der Waals surface area contributed by atoms with Crippen molar-refractivity contribution in [3.63, 3.8) is 0 Å². The van der Waals surface area contributed by atoms with Crippen molar-refractivity contribution in [2.24, 2.45) is 17.1 Å². The molecular weight excluding hydrogens is 250 g/mol. The number of nitrogens with one attached hydrogen (secondary N) is 1. The van der Waals surface area contributed by atoms with E-state index in [0.29, 0.717) is 13.1 Å². The average Bonchev–Trinajstić information content (AvgIpc) is 2.59. The van der Waals surface area contributed by atoms with Crippen LogP contribution in [-0.4, -0.2) is 43.5 Å². The van der Waals surface area contributed by atoms with Gasteiger partial charge >= 0.3 is 0 Å². The third-order valence-electron chi connectivity index (χ3n) is 4.31. The molecule has 1 saturated heterocycles. The van der Waals surface area contributed by atoms with E-state index in [2.05, 4.69) is 17.1 Å². The number of hydrogen-bond acceptors (Lipinski definition) is 3. The molecule has 1 atom stereocenters. The fourth-order valence-electron chi connectivity index (χ4n) is 2.64. The summed E-state index contributed by atoms with van der Waals surface area (Å²) in [6.45, 7) is 6.31. The van der Waals surface area contributed by atoms with Crippen molar-refractivity contribution in [2.45, 2.75) is 32.6 Å². The zero-order chi connectivity index (χ0) is 12.3. The number of nitrogens with zero attached hydrogens (tertiary/aromatic N) is 1. The lowest BCUT2D eigenvalue weighted by Gasteiger charge is -2.26. The van der Waals surface area contributed by atoms with Gasteiger partial charge in [-0.1, -0.05) is 13.3 Å². The summed E-state index contributed by atoms with van der Waals surface area (Å²) in [5, 5.41) is 3.04. The van der Waals surface area contributed by atoms with Gasteiger partial charge in [-0.05, 0) is 43.7 Å². The Kier molecular flexibility index (Phi) is 5.89. The van der Waals surface area contributed by atoms with Crippen LogP contribution in [0, 0.1) is 11.3 Å². The number of carbonyl (C=O) groups excluding carboxylic acids is 1. The second-order valence-electron chi connectivity index (χ2n) is 6.08. The molecule has 4 nitrogen and oxygen atoms in total. The van der Waals surface area contributed by atoms with Crippen molar-refractivity contribution >= 4 is 18.3 Å². The molecule has 106 valence electrons. The van der Waals surface area contributed by atoms with Crippen molar-refractivity contribution in [3.8, 4) is 0 Å². The third-order valence-corrected chi connectivity index (χ3v) is 4.31. The minimum Gasteiger partial charge on any atom is -0.355 e. The Morgan fingerprint density at radius 1 is 1.50 bits per heavy atom. The first kappa shape index (κ1) is 15.7. The van der Waals surface area contributed by atoms with E-state index in [9.17, 15) is 4.79 Å². The minimum absolute atomic E-state index is 0. The Balaban J connectivity index is 0.00000162. The topological polar surface area (TPSA) is 58.4 Å². The van der Waals surface area contributed by atoms with Crippen LogP contribution in [0.25, 0.3) is 0 Å². The molecule has 1 saturated carbocycles. The molecule has 0 aromatic heterocycles. The Hall–Kier alpha value is -0.320. The molecule has 0 spiro atoms. The van der Waals surface area contributed by atoms with Crippen LogP contribution in [-0.2, 0) is 4.79 Å². The quantitative estimate of drug-likeness (QED) is 0.787. The van der Waals surface area contributed by atoms with Crippen LogP contribution in [0.1, 0.15) is 32.6 Å². The molecule has 0 aromatic carbocycles. The third kappa shape index (κ3) is 4.11. The minimum atomic E-state index is 0. The second kappa shape index (κ2) is 6.73. The molecule has 5 heteroatoms. The number of amides is 1. The van der Waals surface area contributed by atoms with Crippen LogP contribution in [0.2, 0.25) is 0 Å². The average molecular weight is 276 g/mol. The molecule has 2 fully saturated rings. The first-order valence-corrected chi connectivity index (χ1v) is 6.80. The smallest absolute Gasteiger partial charge is 0.234 e. The highest BCUT2D eigenvalue weighted by atomic mass is 35.5. The normalized spacial score (nSPS) is 28.6. The molecule has 0 aromatic rings. The van der Waals surface area contributed by atoms with Crippen molar-refractivity contribution in [1.29, 1.82) is 0 Å². The van der Waals surface area contributed by atoms with Gasteiger partial charge in [0.05, 0.1) is 6.54 Å². The number of halogens is 1. The number of nitrogens with two attached hydrogens (primary N) is 1. The lowest BCUT2D eigenvalue weighted by molar-refractivity contribution is -0.122. The monoisotopic (exact) mass is 275 g/mol. The van der Waals surface area contributed by atoms with Gasteiger partial charge in [0.25, 0.3) is 0 Å². The molecule has 18 heavy (non-hydrogen) atoms. The molecule has 1 aliphatic carbocycles. The predicted molar refractivity (Wildman–Crippen MR) is 75.8 cm³/mol. The summed E-state index contributed by atoms with van der Waals surface area (Å²) < 4.78 is 0. The maximum absolute atomic E-state index is 11.8. The Morgan fingerprint density at radius 2 is 2.22 bits per heavy atom. The molecular formula is C13H26ClN3O. The first-order chi connectivity index (χ1) is 8.11. The summed E-state index contributed by atoms with van der Waals surface area (Å²) in [5.41, 5.74) is 5.97. The number of carbonyl (C=O) groups is 1. The standard InChI is InChI=1S/C13H25N3O.ClH/c1-13(9-14)5-6-16(10-13)8-12(17)15-7-11-3-2-4-11;/h11H,2-10,14H2,1H3,(H,15,17);1H. The van der Waals surface area contributed by atoms with Gasteiger partial charge in [0, 0.05) is 13.1 Å². The van der Waals surface area contributed by atoms with E-state index in [1.165, 1.54) is 19.3 Å². The van der Waals surface area contributed by atoms with Gasteiger partial charge in [-0.15, -0.1) is 12.4 Å². The highest BCUT2D eigenvalue weighted by Crippen LogP contribution is 2.28. The molecule has 3 N–H and O–H groups in total. The van der Waals surface area contributed by atoms with Crippen molar-refractivity contribution in [2.75, 3.05) is 32.7 Å². The fourth-order valence-corrected chi connectivity index (χ4v) is 2.64. The zero-order valence-electron chi connectivity index (χ0n) is 11.3. The van der Waals surface area contributed by atoms with E-state index in [4.69, 9.17) is 5.73 Å². The van der Waals surface area contributed by atoms with Crippen LogP contribution in [0.3, 0.4) is 0 Å². The lowest BCUT2D eigenvalue weighted by Crippen LogP contribution is -2.40. The van der Waals surface area contributed by atoms with Crippen LogP contribution in [0.15, 0.2) is 0 Å². The summed E-state index contributed by atoms with van der Waals surface area (Å²) in [4.78, 5) is 14.0. The molecule has 0 radical (unpaired) electrons. The molecule has 2 rings (SSSR count). The van der Waals surface area contributed by atoms with Gasteiger partial charge < -0.3 is 11.1 Å². The largest absolute Gasteiger partial charge is 0.355 e. The highest BCUT2D eigenvalue weighted by Gasteiger charge is 2.33. The van der Waals surface area contributed by atoms with Crippen molar-refractivity contribution in [3.05, 3.63) is 0 Å². The fraction of sp³-hybridized carbons (Fsp3) is 0.923. The molecule has 2 aliphatic rings. The van der Waals surface area contributed by atoms with Gasteiger partial charge in [0.2, 0.25) is 5.91 Å². The Morgan fingerprint density at radius 3 is 2.72 bits per heavy atom. The van der Waals surface area contributed by atoms with Gasteiger partial charge in [-0.2, -0.15) is 0 Å². The summed E-state index contributed by atoms with van der Waals surface area (Å²) in [5.74, 6) is 0.921. The summed E-state index contributed by atoms with van der Waals surface area (Å²) in [6, 6.07) is 0. The molecule has 1 aliphatic heterocycles. The molecule has 1 unspecified atom stereocenters. The number of hydrogen-bond donors (Lipinski definition) is 2. The number of likely N-dealkylation sites (tertiary alicyclic amines) is 1. The second-order valence-corrected chi connectivity index (χ2v) is 6.08. The Bertz CT molecular complexity index is 283. The maximum Gasteiger partial charge on any atom is 0.234 e. The van der Waals surface area contributed by atoms with E-state index >= 15 is 0 Å². The van der Waals surface area contributed by atoms with Gasteiger partial charge in [0.1, 0.15) is 0 Å². The maximum atomic E-state index is 11.8. The van der Waals surface area contributed by atoms with Crippen LogP contribution in [0.4, 0.5) is 0 Å². The highest BCUT2D eigenvalue weighted by molar-refractivity contribution is 5.85.